The van der Waals surface area contributed by atoms with E-state index in [0.29, 0.717) is 18.5 Å². The van der Waals surface area contributed by atoms with E-state index < -0.39 is 0 Å². The first kappa shape index (κ1) is 11.8. The Labute approximate surface area is 101 Å². The molecule has 1 N–H and O–H groups in total. The van der Waals surface area contributed by atoms with Gasteiger partial charge in [0.05, 0.1) is 6.61 Å². The number of ether oxygens (including phenoxy) is 1. The van der Waals surface area contributed by atoms with Crippen LogP contribution in [0.2, 0.25) is 0 Å². The number of rotatable bonds is 4. The Morgan fingerprint density at radius 1 is 1.41 bits per heavy atom. The summed E-state index contributed by atoms with van der Waals surface area (Å²) in [5.41, 5.74) is 0.254. The van der Waals surface area contributed by atoms with Crippen molar-refractivity contribution >= 4 is 0 Å². The molecule has 1 aromatic rings. The van der Waals surface area contributed by atoms with Crippen molar-refractivity contribution in [2.75, 3.05) is 13.2 Å². The van der Waals surface area contributed by atoms with Gasteiger partial charge >= 0.3 is 0 Å². The molecule has 0 radical (unpaired) electrons. The number of aromatic nitrogens is 2. The van der Waals surface area contributed by atoms with E-state index in [-0.39, 0.29) is 5.69 Å². The van der Waals surface area contributed by atoms with Crippen molar-refractivity contribution < 1.29 is 4.74 Å². The molecule has 1 saturated heterocycles. The third kappa shape index (κ3) is 3.40. The molecule has 5 nitrogen and oxygen atoms in total. The van der Waals surface area contributed by atoms with E-state index in [4.69, 9.17) is 10.00 Å². The number of piperidine rings is 1. The summed E-state index contributed by atoms with van der Waals surface area (Å²) in [5.74, 6) is 0.339. The van der Waals surface area contributed by atoms with E-state index in [2.05, 4.69) is 15.3 Å². The summed E-state index contributed by atoms with van der Waals surface area (Å²) in [6.45, 7) is 1.67. The molecule has 0 bridgehead atoms. The molecule has 1 atom stereocenters. The average Bonchev–Trinajstić information content (AvgIpc) is 2.40. The molecule has 1 aromatic heterocycles. The topological polar surface area (TPSA) is 70.8 Å². The molecule has 2 heterocycles. The van der Waals surface area contributed by atoms with Crippen LogP contribution < -0.4 is 10.1 Å². The molecule has 0 spiro atoms. The predicted molar refractivity (Wildman–Crippen MR) is 62.5 cm³/mol. The van der Waals surface area contributed by atoms with Crippen molar-refractivity contribution in [1.29, 1.82) is 5.26 Å². The van der Waals surface area contributed by atoms with E-state index in [1.165, 1.54) is 31.7 Å². The zero-order valence-electron chi connectivity index (χ0n) is 9.72. The number of hydrogen-bond donors (Lipinski definition) is 1. The standard InChI is InChI=1S/C12H16N4O/c13-9-11-12(16-7-6-15-11)17-8-4-10-3-1-2-5-14-10/h6-7,10,14H,1-5,8H2. The van der Waals surface area contributed by atoms with Gasteiger partial charge in [-0.05, 0) is 25.8 Å². The van der Waals surface area contributed by atoms with Crippen molar-refractivity contribution in [3.8, 4) is 11.9 Å². The quantitative estimate of drug-likeness (QED) is 0.846. The van der Waals surface area contributed by atoms with E-state index >= 15 is 0 Å². The van der Waals surface area contributed by atoms with Crippen molar-refractivity contribution in [2.45, 2.75) is 31.7 Å². The largest absolute Gasteiger partial charge is 0.476 e. The zero-order chi connectivity index (χ0) is 11.9. The fourth-order valence-corrected chi connectivity index (χ4v) is 1.98. The van der Waals surface area contributed by atoms with Crippen LogP contribution in [0, 0.1) is 11.3 Å². The highest BCUT2D eigenvalue weighted by molar-refractivity contribution is 5.29. The first-order chi connectivity index (χ1) is 8.40. The minimum Gasteiger partial charge on any atom is -0.476 e. The molecule has 0 aromatic carbocycles. The number of hydrogen-bond acceptors (Lipinski definition) is 5. The Morgan fingerprint density at radius 3 is 3.06 bits per heavy atom. The monoisotopic (exact) mass is 232 g/mol. The second-order valence-electron chi connectivity index (χ2n) is 4.11. The highest BCUT2D eigenvalue weighted by atomic mass is 16.5. The van der Waals surface area contributed by atoms with Gasteiger partial charge in [-0.3, -0.25) is 0 Å². The maximum absolute atomic E-state index is 8.82. The van der Waals surface area contributed by atoms with Crippen LogP contribution in [0.3, 0.4) is 0 Å². The van der Waals surface area contributed by atoms with Crippen molar-refractivity contribution in [1.82, 2.24) is 15.3 Å². The third-order valence-electron chi connectivity index (χ3n) is 2.89. The molecular formula is C12H16N4O. The van der Waals surface area contributed by atoms with Gasteiger partial charge in [0, 0.05) is 18.4 Å². The molecule has 1 unspecified atom stereocenters. The van der Waals surface area contributed by atoms with Gasteiger partial charge in [0.25, 0.3) is 5.88 Å². The minimum absolute atomic E-state index is 0.254. The summed E-state index contributed by atoms with van der Waals surface area (Å²) in [4.78, 5) is 7.90. The summed E-state index contributed by atoms with van der Waals surface area (Å²) in [5, 5.41) is 12.3. The molecular weight excluding hydrogens is 216 g/mol. The van der Waals surface area contributed by atoms with Crippen molar-refractivity contribution in [3.05, 3.63) is 18.1 Å². The van der Waals surface area contributed by atoms with E-state index in [1.807, 2.05) is 6.07 Å². The lowest BCUT2D eigenvalue weighted by Crippen LogP contribution is -2.35. The lowest BCUT2D eigenvalue weighted by atomic mass is 10.0. The molecule has 1 fully saturated rings. The van der Waals surface area contributed by atoms with E-state index in [0.717, 1.165) is 13.0 Å². The Kier molecular flexibility index (Phi) is 4.28. The first-order valence-electron chi connectivity index (χ1n) is 5.97. The fourth-order valence-electron chi connectivity index (χ4n) is 1.98. The van der Waals surface area contributed by atoms with Crippen LogP contribution >= 0.6 is 0 Å². The Balaban J connectivity index is 1.79. The summed E-state index contributed by atoms with van der Waals surface area (Å²) in [6.07, 6.45) is 7.73. The van der Waals surface area contributed by atoms with Crippen LogP contribution in [0.1, 0.15) is 31.4 Å². The Bertz CT molecular complexity index is 396. The van der Waals surface area contributed by atoms with Gasteiger partial charge in [-0.1, -0.05) is 6.42 Å². The summed E-state index contributed by atoms with van der Waals surface area (Å²) >= 11 is 0. The fraction of sp³-hybridized carbons (Fsp3) is 0.583. The average molecular weight is 232 g/mol. The lowest BCUT2D eigenvalue weighted by molar-refractivity contribution is 0.259. The summed E-state index contributed by atoms with van der Waals surface area (Å²) in [7, 11) is 0. The predicted octanol–water partition coefficient (Wildman–Crippen LogP) is 1.26. The maximum Gasteiger partial charge on any atom is 0.251 e. The molecule has 0 amide bonds. The van der Waals surface area contributed by atoms with Crippen LogP contribution in [0.4, 0.5) is 0 Å². The van der Waals surface area contributed by atoms with Crippen LogP contribution in [0.25, 0.3) is 0 Å². The zero-order valence-corrected chi connectivity index (χ0v) is 9.72. The normalized spacial score (nSPS) is 19.6. The number of nitriles is 1. The van der Waals surface area contributed by atoms with Gasteiger partial charge in [0.1, 0.15) is 6.07 Å². The second-order valence-corrected chi connectivity index (χ2v) is 4.11. The second kappa shape index (κ2) is 6.16. The molecule has 0 saturated carbocycles. The van der Waals surface area contributed by atoms with Crippen LogP contribution in [-0.4, -0.2) is 29.2 Å². The van der Waals surface area contributed by atoms with Crippen molar-refractivity contribution in [3.63, 3.8) is 0 Å². The molecule has 17 heavy (non-hydrogen) atoms. The Morgan fingerprint density at radius 2 is 2.29 bits per heavy atom. The van der Waals surface area contributed by atoms with E-state index in [1.54, 1.807) is 0 Å². The van der Waals surface area contributed by atoms with Gasteiger partial charge < -0.3 is 10.1 Å². The molecule has 2 rings (SSSR count). The van der Waals surface area contributed by atoms with Crippen LogP contribution in [0.15, 0.2) is 12.4 Å². The van der Waals surface area contributed by atoms with Crippen LogP contribution in [-0.2, 0) is 0 Å². The molecule has 1 aliphatic rings. The molecule has 90 valence electrons. The van der Waals surface area contributed by atoms with Gasteiger partial charge in [-0.2, -0.15) is 5.26 Å². The number of nitrogens with zero attached hydrogens (tertiary/aromatic N) is 3. The van der Waals surface area contributed by atoms with Crippen molar-refractivity contribution in [2.24, 2.45) is 0 Å². The minimum atomic E-state index is 0.254. The Hall–Kier alpha value is -1.67. The molecule has 0 aliphatic carbocycles. The van der Waals surface area contributed by atoms with Crippen LogP contribution in [0.5, 0.6) is 5.88 Å². The third-order valence-corrected chi connectivity index (χ3v) is 2.89. The van der Waals surface area contributed by atoms with Gasteiger partial charge in [0.2, 0.25) is 5.69 Å². The summed E-state index contributed by atoms with van der Waals surface area (Å²) in [6, 6.07) is 2.50. The SMILES string of the molecule is N#Cc1nccnc1OCCC1CCCCN1. The van der Waals surface area contributed by atoms with E-state index in [9.17, 15) is 0 Å². The van der Waals surface area contributed by atoms with Gasteiger partial charge in [0.15, 0.2) is 0 Å². The highest BCUT2D eigenvalue weighted by Gasteiger charge is 2.13. The van der Waals surface area contributed by atoms with Gasteiger partial charge in [-0.25, -0.2) is 9.97 Å². The molecule has 1 aliphatic heterocycles. The highest BCUT2D eigenvalue weighted by Crippen LogP contribution is 2.13. The summed E-state index contributed by atoms with van der Waals surface area (Å²) < 4.78 is 5.49. The van der Waals surface area contributed by atoms with Gasteiger partial charge in [-0.15, -0.1) is 0 Å². The lowest BCUT2D eigenvalue weighted by Gasteiger charge is -2.23. The first-order valence-corrected chi connectivity index (χ1v) is 5.97. The maximum atomic E-state index is 8.82. The smallest absolute Gasteiger partial charge is 0.251 e. The molecule has 5 heteroatoms. The number of nitrogens with one attached hydrogen (secondary N) is 1.